The second-order valence-corrected chi connectivity index (χ2v) is 2.67. The van der Waals surface area contributed by atoms with Crippen molar-refractivity contribution in [3.63, 3.8) is 0 Å². The quantitative estimate of drug-likeness (QED) is 0.503. The van der Waals surface area contributed by atoms with Crippen molar-refractivity contribution >= 4 is 0 Å². The SMILES string of the molecule is C[C@H]1[CH][C@@H](O)CCC1. The molecule has 1 rings (SSSR count). The van der Waals surface area contributed by atoms with E-state index in [9.17, 15) is 0 Å². The van der Waals surface area contributed by atoms with Crippen LogP contribution >= 0.6 is 0 Å². The molecule has 0 unspecified atom stereocenters. The van der Waals surface area contributed by atoms with Gasteiger partial charge in [-0.2, -0.15) is 0 Å². The lowest BCUT2D eigenvalue weighted by atomic mass is 9.89. The molecule has 1 nitrogen and oxygen atoms in total. The minimum atomic E-state index is -0.112. The number of hydrogen-bond donors (Lipinski definition) is 1. The van der Waals surface area contributed by atoms with Crippen molar-refractivity contribution in [1.82, 2.24) is 0 Å². The highest BCUT2D eigenvalue weighted by Crippen LogP contribution is 2.21. The van der Waals surface area contributed by atoms with Crippen LogP contribution in [-0.2, 0) is 0 Å². The van der Waals surface area contributed by atoms with Crippen molar-refractivity contribution in [1.29, 1.82) is 0 Å². The predicted molar refractivity (Wildman–Crippen MR) is 33.3 cm³/mol. The van der Waals surface area contributed by atoms with Crippen LogP contribution in [0.25, 0.3) is 0 Å². The first-order valence-electron chi connectivity index (χ1n) is 3.32. The summed E-state index contributed by atoms with van der Waals surface area (Å²) in [6.45, 7) is 2.16. The summed E-state index contributed by atoms with van der Waals surface area (Å²) in [6, 6.07) is 0. The summed E-state index contributed by atoms with van der Waals surface area (Å²) in [6.07, 6.45) is 5.35. The van der Waals surface area contributed by atoms with E-state index in [1.165, 1.54) is 12.8 Å². The van der Waals surface area contributed by atoms with E-state index in [2.05, 4.69) is 6.92 Å². The van der Waals surface area contributed by atoms with Gasteiger partial charge in [-0.3, -0.25) is 0 Å². The van der Waals surface area contributed by atoms with Gasteiger partial charge < -0.3 is 5.11 Å². The summed E-state index contributed by atoms with van der Waals surface area (Å²) >= 11 is 0. The highest BCUT2D eigenvalue weighted by Gasteiger charge is 2.15. The van der Waals surface area contributed by atoms with Crippen LogP contribution in [0.1, 0.15) is 26.2 Å². The molecular weight excluding hydrogens is 100 g/mol. The second-order valence-electron chi connectivity index (χ2n) is 2.67. The minimum absolute atomic E-state index is 0.112. The van der Waals surface area contributed by atoms with Crippen LogP contribution in [0.2, 0.25) is 0 Å². The summed E-state index contributed by atoms with van der Waals surface area (Å²) in [5, 5.41) is 9.02. The Bertz CT molecular complexity index is 62.8. The lowest BCUT2D eigenvalue weighted by Gasteiger charge is -2.21. The maximum atomic E-state index is 9.02. The van der Waals surface area contributed by atoms with Gasteiger partial charge in [0.1, 0.15) is 0 Å². The molecular formula is C7H13O. The van der Waals surface area contributed by atoms with Crippen LogP contribution in [0.15, 0.2) is 0 Å². The Hall–Kier alpha value is -0.0400. The summed E-state index contributed by atoms with van der Waals surface area (Å²) < 4.78 is 0. The molecule has 0 spiro atoms. The molecule has 0 saturated heterocycles. The van der Waals surface area contributed by atoms with E-state index < -0.39 is 0 Å². The molecule has 1 fully saturated rings. The zero-order chi connectivity index (χ0) is 5.98. The van der Waals surface area contributed by atoms with Crippen molar-refractivity contribution in [2.45, 2.75) is 32.3 Å². The molecule has 1 saturated carbocycles. The molecule has 0 aromatic rings. The Morgan fingerprint density at radius 1 is 1.50 bits per heavy atom. The zero-order valence-electron chi connectivity index (χ0n) is 5.30. The fraction of sp³-hybridized carbons (Fsp3) is 0.857. The van der Waals surface area contributed by atoms with Gasteiger partial charge in [0, 0.05) is 0 Å². The number of rotatable bonds is 0. The van der Waals surface area contributed by atoms with Crippen molar-refractivity contribution in [3.8, 4) is 0 Å². The Morgan fingerprint density at radius 2 is 2.25 bits per heavy atom. The molecule has 0 amide bonds. The van der Waals surface area contributed by atoms with Crippen LogP contribution in [-0.4, -0.2) is 11.2 Å². The minimum Gasteiger partial charge on any atom is -0.393 e. The van der Waals surface area contributed by atoms with Crippen molar-refractivity contribution in [2.24, 2.45) is 5.92 Å². The zero-order valence-corrected chi connectivity index (χ0v) is 5.30. The second kappa shape index (κ2) is 2.49. The summed E-state index contributed by atoms with van der Waals surface area (Å²) in [4.78, 5) is 0. The largest absolute Gasteiger partial charge is 0.393 e. The van der Waals surface area contributed by atoms with Crippen molar-refractivity contribution in [3.05, 3.63) is 6.42 Å². The Labute approximate surface area is 50.7 Å². The summed E-state index contributed by atoms with van der Waals surface area (Å²) in [7, 11) is 0. The molecule has 1 heteroatoms. The third-order valence-corrected chi connectivity index (χ3v) is 1.71. The molecule has 0 aromatic heterocycles. The van der Waals surface area contributed by atoms with Gasteiger partial charge in [-0.05, 0) is 18.8 Å². The average molecular weight is 113 g/mol. The van der Waals surface area contributed by atoms with Crippen LogP contribution in [0, 0.1) is 12.3 Å². The van der Waals surface area contributed by atoms with Crippen molar-refractivity contribution in [2.75, 3.05) is 0 Å². The normalized spacial score (nSPS) is 39.8. The molecule has 0 aromatic carbocycles. The first kappa shape index (κ1) is 6.09. The van der Waals surface area contributed by atoms with Gasteiger partial charge in [0.25, 0.3) is 0 Å². The Balaban J connectivity index is 2.23. The van der Waals surface area contributed by atoms with E-state index in [1.807, 2.05) is 6.42 Å². The maximum Gasteiger partial charge on any atom is 0.0574 e. The maximum absolute atomic E-state index is 9.02. The van der Waals surface area contributed by atoms with Gasteiger partial charge in [-0.25, -0.2) is 0 Å². The smallest absolute Gasteiger partial charge is 0.0574 e. The molecule has 1 N–H and O–H groups in total. The standard InChI is InChI=1S/C7H13O/c1-6-3-2-4-7(8)5-6/h5-8H,2-4H2,1H3/t6-,7+/m1/s1. The summed E-state index contributed by atoms with van der Waals surface area (Å²) in [5.74, 6) is 0.638. The van der Waals surface area contributed by atoms with E-state index >= 15 is 0 Å². The monoisotopic (exact) mass is 113 g/mol. The van der Waals surface area contributed by atoms with Crippen LogP contribution in [0.4, 0.5) is 0 Å². The molecule has 0 heterocycles. The summed E-state index contributed by atoms with van der Waals surface area (Å²) in [5.41, 5.74) is 0. The molecule has 1 aliphatic carbocycles. The van der Waals surface area contributed by atoms with Gasteiger partial charge in [-0.15, -0.1) is 0 Å². The highest BCUT2D eigenvalue weighted by molar-refractivity contribution is 4.85. The van der Waals surface area contributed by atoms with E-state index in [4.69, 9.17) is 5.11 Å². The fourth-order valence-electron chi connectivity index (χ4n) is 1.22. The number of aliphatic hydroxyl groups is 1. The van der Waals surface area contributed by atoms with Gasteiger partial charge in [-0.1, -0.05) is 19.8 Å². The van der Waals surface area contributed by atoms with Crippen LogP contribution in [0.3, 0.4) is 0 Å². The molecule has 0 aliphatic heterocycles. The lowest BCUT2D eigenvalue weighted by molar-refractivity contribution is 0.158. The topological polar surface area (TPSA) is 20.2 Å². The van der Waals surface area contributed by atoms with Crippen LogP contribution < -0.4 is 0 Å². The highest BCUT2D eigenvalue weighted by atomic mass is 16.3. The Kier molecular flexibility index (Phi) is 1.90. The number of aliphatic hydroxyl groups excluding tert-OH is 1. The van der Waals surface area contributed by atoms with Crippen molar-refractivity contribution < 1.29 is 5.11 Å². The first-order valence-corrected chi connectivity index (χ1v) is 3.32. The van der Waals surface area contributed by atoms with E-state index in [-0.39, 0.29) is 6.10 Å². The number of hydrogen-bond acceptors (Lipinski definition) is 1. The van der Waals surface area contributed by atoms with E-state index in [0.29, 0.717) is 5.92 Å². The molecule has 0 bridgehead atoms. The van der Waals surface area contributed by atoms with E-state index in [1.54, 1.807) is 0 Å². The molecule has 2 atom stereocenters. The molecule has 1 radical (unpaired) electrons. The first-order chi connectivity index (χ1) is 3.79. The van der Waals surface area contributed by atoms with E-state index in [0.717, 1.165) is 6.42 Å². The molecule has 47 valence electrons. The van der Waals surface area contributed by atoms with Gasteiger partial charge in [0.2, 0.25) is 0 Å². The molecule has 8 heavy (non-hydrogen) atoms. The van der Waals surface area contributed by atoms with Gasteiger partial charge in [0.15, 0.2) is 0 Å². The third-order valence-electron chi connectivity index (χ3n) is 1.71. The third kappa shape index (κ3) is 1.48. The predicted octanol–water partition coefficient (Wildman–Crippen LogP) is 1.37. The van der Waals surface area contributed by atoms with Crippen LogP contribution in [0.5, 0.6) is 0 Å². The lowest BCUT2D eigenvalue weighted by Crippen LogP contribution is -2.17. The van der Waals surface area contributed by atoms with Gasteiger partial charge in [0.05, 0.1) is 6.10 Å². The average Bonchev–Trinajstić information content (AvgIpc) is 1.64. The molecule has 1 aliphatic rings. The Morgan fingerprint density at radius 3 is 2.62 bits per heavy atom. The van der Waals surface area contributed by atoms with Gasteiger partial charge >= 0.3 is 0 Å². The fourth-order valence-corrected chi connectivity index (χ4v) is 1.22.